The van der Waals surface area contributed by atoms with Crippen molar-refractivity contribution in [3.05, 3.63) is 28.7 Å². The van der Waals surface area contributed by atoms with Gasteiger partial charge in [0, 0.05) is 22.5 Å². The zero-order valence-electron chi connectivity index (χ0n) is 12.2. The molecule has 120 valence electrons. The van der Waals surface area contributed by atoms with Crippen LogP contribution in [0.15, 0.2) is 28.7 Å². The van der Waals surface area contributed by atoms with Gasteiger partial charge in [-0.15, -0.1) is 0 Å². The van der Waals surface area contributed by atoms with Crippen LogP contribution >= 0.6 is 27.7 Å². The number of aliphatic carboxylic acids is 1. The summed E-state index contributed by atoms with van der Waals surface area (Å²) in [5, 5.41) is 8.99. The number of benzene rings is 1. The summed E-state index contributed by atoms with van der Waals surface area (Å²) in [6.45, 7) is 2.26. The number of carbonyl (C=O) groups is 2. The predicted octanol–water partition coefficient (Wildman–Crippen LogP) is 2.64. The van der Waals surface area contributed by atoms with Gasteiger partial charge in [-0.05, 0) is 25.1 Å². The molecule has 0 bridgehead atoms. The van der Waals surface area contributed by atoms with Gasteiger partial charge in [0.1, 0.15) is 5.75 Å². The van der Waals surface area contributed by atoms with E-state index in [-0.39, 0.29) is 18.4 Å². The largest absolute Gasteiger partial charge is 0.481 e. The zero-order valence-corrected chi connectivity index (χ0v) is 14.6. The molecule has 1 saturated heterocycles. The highest BCUT2D eigenvalue weighted by atomic mass is 79.9. The van der Waals surface area contributed by atoms with Gasteiger partial charge >= 0.3 is 5.97 Å². The molecule has 1 amide bonds. The monoisotopic (exact) mass is 387 g/mol. The van der Waals surface area contributed by atoms with E-state index in [4.69, 9.17) is 9.84 Å². The summed E-state index contributed by atoms with van der Waals surface area (Å²) >= 11 is 5.04. The zero-order chi connectivity index (χ0) is 16.1. The van der Waals surface area contributed by atoms with Gasteiger partial charge in [-0.25, -0.2) is 0 Å². The highest BCUT2D eigenvalue weighted by Crippen LogP contribution is 2.22. The molecular formula is C15H18BrNO4S. The number of amides is 1. The summed E-state index contributed by atoms with van der Waals surface area (Å²) in [6.07, 6.45) is -0.670. The van der Waals surface area contributed by atoms with Crippen molar-refractivity contribution in [2.75, 3.05) is 18.1 Å². The Morgan fingerprint density at radius 2 is 2.32 bits per heavy atom. The molecule has 0 radical (unpaired) electrons. The van der Waals surface area contributed by atoms with Gasteiger partial charge in [0.25, 0.3) is 5.91 Å². The number of carboxylic acids is 1. The molecule has 2 atom stereocenters. The molecule has 1 heterocycles. The summed E-state index contributed by atoms with van der Waals surface area (Å²) in [4.78, 5) is 25.2. The van der Waals surface area contributed by atoms with E-state index in [1.807, 2.05) is 12.1 Å². The molecule has 2 rings (SSSR count). The molecule has 1 aromatic rings. The molecule has 1 aliphatic heterocycles. The second-order valence-electron chi connectivity index (χ2n) is 5.08. The number of carboxylic acid groups (broad SMARTS) is 1. The minimum atomic E-state index is -0.883. The van der Waals surface area contributed by atoms with E-state index in [2.05, 4.69) is 15.9 Å². The van der Waals surface area contributed by atoms with Gasteiger partial charge in [0.15, 0.2) is 6.10 Å². The van der Waals surface area contributed by atoms with Crippen LogP contribution in [-0.2, 0) is 9.59 Å². The van der Waals surface area contributed by atoms with Gasteiger partial charge in [0.2, 0.25) is 0 Å². The van der Waals surface area contributed by atoms with Crippen molar-refractivity contribution in [3.8, 4) is 5.75 Å². The average Bonchev–Trinajstić information content (AvgIpc) is 2.46. The third kappa shape index (κ3) is 4.64. The Hall–Kier alpha value is -1.21. The third-order valence-corrected chi connectivity index (χ3v) is 4.96. The number of hydrogen-bond donors (Lipinski definition) is 1. The molecular weight excluding hydrogens is 370 g/mol. The first-order valence-electron chi connectivity index (χ1n) is 6.99. The molecule has 2 unspecified atom stereocenters. The van der Waals surface area contributed by atoms with Crippen molar-refractivity contribution in [3.63, 3.8) is 0 Å². The number of thioether (sulfide) groups is 1. The molecule has 5 nitrogen and oxygen atoms in total. The van der Waals surface area contributed by atoms with Crippen molar-refractivity contribution in [1.29, 1.82) is 0 Å². The van der Waals surface area contributed by atoms with E-state index in [9.17, 15) is 9.59 Å². The van der Waals surface area contributed by atoms with E-state index in [0.29, 0.717) is 18.0 Å². The summed E-state index contributed by atoms with van der Waals surface area (Å²) < 4.78 is 6.57. The second kappa shape index (κ2) is 7.87. The first-order chi connectivity index (χ1) is 10.5. The van der Waals surface area contributed by atoms with Crippen LogP contribution in [0.25, 0.3) is 0 Å². The Bertz CT molecular complexity index is 554. The Kier molecular flexibility index (Phi) is 6.14. The summed E-state index contributed by atoms with van der Waals surface area (Å²) in [6, 6.07) is 7.03. The van der Waals surface area contributed by atoms with Crippen molar-refractivity contribution in [2.45, 2.75) is 25.5 Å². The molecule has 0 aliphatic carbocycles. The smallest absolute Gasteiger partial charge is 0.305 e. The molecule has 1 N–H and O–H groups in total. The molecule has 22 heavy (non-hydrogen) atoms. The number of ether oxygens (including phenoxy) is 1. The first kappa shape index (κ1) is 17.1. The van der Waals surface area contributed by atoms with E-state index in [1.54, 1.807) is 35.7 Å². The van der Waals surface area contributed by atoms with Crippen LogP contribution in [-0.4, -0.2) is 52.1 Å². The van der Waals surface area contributed by atoms with E-state index < -0.39 is 12.1 Å². The Balaban J connectivity index is 2.02. The standard InChI is InChI=1S/C15H18BrNO4S/c1-10(21-13-4-2-3-11(16)7-13)15(20)17-5-6-22-9-12(17)8-14(18)19/h2-4,7,10,12H,5-6,8-9H2,1H3,(H,18,19). The fraction of sp³-hybridized carbons (Fsp3) is 0.467. The van der Waals surface area contributed by atoms with Gasteiger partial charge in [-0.2, -0.15) is 11.8 Å². The number of hydrogen-bond acceptors (Lipinski definition) is 4. The highest BCUT2D eigenvalue weighted by molar-refractivity contribution is 9.10. The number of halogens is 1. The molecule has 0 saturated carbocycles. The van der Waals surface area contributed by atoms with Crippen molar-refractivity contribution >= 4 is 39.6 Å². The first-order valence-corrected chi connectivity index (χ1v) is 8.94. The van der Waals surface area contributed by atoms with Gasteiger partial charge in [-0.3, -0.25) is 9.59 Å². The normalized spacial score (nSPS) is 19.5. The number of rotatable bonds is 5. The van der Waals surface area contributed by atoms with E-state index in [1.165, 1.54) is 0 Å². The van der Waals surface area contributed by atoms with Gasteiger partial charge in [-0.1, -0.05) is 22.0 Å². The topological polar surface area (TPSA) is 66.8 Å². The maximum atomic E-state index is 12.6. The molecule has 0 aromatic heterocycles. The lowest BCUT2D eigenvalue weighted by atomic mass is 10.1. The third-order valence-electron chi connectivity index (χ3n) is 3.38. The maximum absolute atomic E-state index is 12.6. The van der Waals surface area contributed by atoms with E-state index >= 15 is 0 Å². The minimum Gasteiger partial charge on any atom is -0.481 e. The number of nitrogens with zero attached hydrogens (tertiary/aromatic N) is 1. The SMILES string of the molecule is CC(Oc1cccc(Br)c1)C(=O)N1CCSCC1CC(=O)O. The molecule has 1 fully saturated rings. The van der Waals surface area contributed by atoms with Crippen LogP contribution in [0.4, 0.5) is 0 Å². The average molecular weight is 388 g/mol. The van der Waals surface area contributed by atoms with Gasteiger partial charge < -0.3 is 14.7 Å². The lowest BCUT2D eigenvalue weighted by molar-refractivity contribution is -0.143. The quantitative estimate of drug-likeness (QED) is 0.840. The molecule has 7 heteroatoms. The summed E-state index contributed by atoms with van der Waals surface area (Å²) in [5.74, 6) is 1.04. The maximum Gasteiger partial charge on any atom is 0.305 e. The molecule has 1 aliphatic rings. The van der Waals surface area contributed by atoms with Crippen LogP contribution in [0.3, 0.4) is 0 Å². The minimum absolute atomic E-state index is 0.0255. The fourth-order valence-corrected chi connectivity index (χ4v) is 3.78. The number of carbonyl (C=O) groups excluding carboxylic acids is 1. The molecule has 1 aromatic carbocycles. The summed E-state index contributed by atoms with van der Waals surface area (Å²) in [7, 11) is 0. The Labute approximate surface area is 142 Å². The van der Waals surface area contributed by atoms with Crippen LogP contribution in [0.2, 0.25) is 0 Å². The van der Waals surface area contributed by atoms with Crippen LogP contribution < -0.4 is 4.74 Å². The summed E-state index contributed by atoms with van der Waals surface area (Å²) in [5.41, 5.74) is 0. The van der Waals surface area contributed by atoms with Crippen molar-refractivity contribution < 1.29 is 19.4 Å². The van der Waals surface area contributed by atoms with Crippen LogP contribution in [0, 0.1) is 0 Å². The van der Waals surface area contributed by atoms with Crippen molar-refractivity contribution in [2.24, 2.45) is 0 Å². The highest BCUT2D eigenvalue weighted by Gasteiger charge is 2.32. The van der Waals surface area contributed by atoms with E-state index in [0.717, 1.165) is 10.2 Å². The van der Waals surface area contributed by atoms with Crippen LogP contribution in [0.5, 0.6) is 5.75 Å². The predicted molar refractivity (Wildman–Crippen MR) is 89.3 cm³/mol. The fourth-order valence-electron chi connectivity index (χ4n) is 2.34. The Morgan fingerprint density at radius 1 is 1.55 bits per heavy atom. The molecule has 0 spiro atoms. The lowest BCUT2D eigenvalue weighted by Crippen LogP contribution is -2.51. The second-order valence-corrected chi connectivity index (χ2v) is 7.14. The van der Waals surface area contributed by atoms with Crippen molar-refractivity contribution in [1.82, 2.24) is 4.90 Å². The Morgan fingerprint density at radius 3 is 3.00 bits per heavy atom. The van der Waals surface area contributed by atoms with Gasteiger partial charge in [0.05, 0.1) is 12.5 Å². The van der Waals surface area contributed by atoms with Crippen LogP contribution in [0.1, 0.15) is 13.3 Å². The lowest BCUT2D eigenvalue weighted by Gasteiger charge is -2.36.